The Morgan fingerprint density at radius 2 is 1.95 bits per heavy atom. The monoisotopic (exact) mass is 298 g/mol. The molecule has 0 aliphatic carbocycles. The summed E-state index contributed by atoms with van der Waals surface area (Å²) in [6.45, 7) is 2.90. The third-order valence-corrected chi connectivity index (χ3v) is 3.59. The zero-order valence-electron chi connectivity index (χ0n) is 11.6. The molecule has 21 heavy (non-hydrogen) atoms. The van der Waals surface area contributed by atoms with Crippen molar-refractivity contribution in [1.82, 2.24) is 9.55 Å². The fraction of sp³-hybridized carbons (Fsp3) is 0.125. The van der Waals surface area contributed by atoms with Crippen molar-refractivity contribution in [1.29, 1.82) is 0 Å². The van der Waals surface area contributed by atoms with Gasteiger partial charge in [0, 0.05) is 17.1 Å². The van der Waals surface area contributed by atoms with Crippen LogP contribution in [-0.4, -0.2) is 15.8 Å². The van der Waals surface area contributed by atoms with Gasteiger partial charge in [0.15, 0.2) is 0 Å². The number of hydrogen-bond donors (Lipinski definition) is 1. The Bertz CT molecular complexity index is 792. The molecule has 1 heterocycles. The maximum Gasteiger partial charge on any atom is 0.224 e. The van der Waals surface area contributed by atoms with Crippen LogP contribution in [0.25, 0.3) is 11.0 Å². The average Bonchev–Trinajstić information content (AvgIpc) is 2.86. The lowest BCUT2D eigenvalue weighted by Crippen LogP contribution is -2.01. The van der Waals surface area contributed by atoms with E-state index in [-0.39, 0.29) is 0 Å². The van der Waals surface area contributed by atoms with Crippen molar-refractivity contribution in [3.05, 3.63) is 59.1 Å². The number of hydrazone groups is 1. The fourth-order valence-corrected chi connectivity index (χ4v) is 2.40. The van der Waals surface area contributed by atoms with Crippen molar-refractivity contribution in [2.45, 2.75) is 13.5 Å². The largest absolute Gasteiger partial charge is 0.309 e. The molecule has 1 aromatic heterocycles. The number of anilines is 1. The molecule has 0 radical (unpaired) electrons. The van der Waals surface area contributed by atoms with Crippen molar-refractivity contribution in [2.75, 3.05) is 5.43 Å². The van der Waals surface area contributed by atoms with Gasteiger partial charge in [-0.05, 0) is 25.1 Å². The Hall–Kier alpha value is -2.33. The molecule has 0 aliphatic rings. The maximum absolute atomic E-state index is 6.09. The maximum atomic E-state index is 6.09. The number of hydrogen-bond acceptors (Lipinski definition) is 3. The zero-order valence-corrected chi connectivity index (χ0v) is 12.4. The molecule has 3 aromatic rings. The van der Waals surface area contributed by atoms with Gasteiger partial charge < -0.3 is 4.57 Å². The molecule has 0 saturated heterocycles. The molecule has 5 heteroatoms. The predicted molar refractivity (Wildman–Crippen MR) is 88.1 cm³/mol. The minimum absolute atomic E-state index is 0.673. The van der Waals surface area contributed by atoms with E-state index in [1.54, 1.807) is 6.21 Å². The minimum atomic E-state index is 0.673. The molecule has 0 aliphatic heterocycles. The van der Waals surface area contributed by atoms with Crippen LogP contribution < -0.4 is 5.43 Å². The normalized spacial score (nSPS) is 11.3. The van der Waals surface area contributed by atoms with Crippen LogP contribution in [0.15, 0.2) is 53.6 Å². The summed E-state index contributed by atoms with van der Waals surface area (Å²) < 4.78 is 2.08. The van der Waals surface area contributed by atoms with E-state index in [1.807, 2.05) is 42.5 Å². The minimum Gasteiger partial charge on any atom is -0.309 e. The Morgan fingerprint density at radius 3 is 2.76 bits per heavy atom. The molecule has 0 amide bonds. The lowest BCUT2D eigenvalue weighted by Gasteiger charge is -2.04. The van der Waals surface area contributed by atoms with Crippen LogP contribution in [0, 0.1) is 0 Å². The number of rotatable bonds is 4. The number of nitrogens with zero attached hydrogens (tertiary/aromatic N) is 3. The first-order valence-corrected chi connectivity index (χ1v) is 7.16. The van der Waals surface area contributed by atoms with E-state index in [2.05, 4.69) is 33.1 Å². The van der Waals surface area contributed by atoms with Gasteiger partial charge in [-0.3, -0.25) is 0 Å². The molecular formula is C16H15ClN4. The van der Waals surface area contributed by atoms with Crippen molar-refractivity contribution in [2.24, 2.45) is 5.10 Å². The van der Waals surface area contributed by atoms with E-state index in [0.717, 1.165) is 29.1 Å². The van der Waals surface area contributed by atoms with Crippen molar-refractivity contribution >= 4 is 34.8 Å². The van der Waals surface area contributed by atoms with E-state index in [4.69, 9.17) is 11.6 Å². The molecule has 1 N–H and O–H groups in total. The van der Waals surface area contributed by atoms with Crippen LogP contribution in [0.1, 0.15) is 12.5 Å². The summed E-state index contributed by atoms with van der Waals surface area (Å²) in [7, 11) is 0. The van der Waals surface area contributed by atoms with Gasteiger partial charge >= 0.3 is 0 Å². The first-order chi connectivity index (χ1) is 10.3. The topological polar surface area (TPSA) is 42.2 Å². The summed E-state index contributed by atoms with van der Waals surface area (Å²) in [5.74, 6) is 0.724. The summed E-state index contributed by atoms with van der Waals surface area (Å²) in [5.41, 5.74) is 5.91. The van der Waals surface area contributed by atoms with Crippen molar-refractivity contribution in [3.8, 4) is 0 Å². The number of aromatic nitrogens is 2. The molecule has 0 fully saturated rings. The van der Waals surface area contributed by atoms with Crippen LogP contribution in [0.5, 0.6) is 0 Å². The Morgan fingerprint density at radius 1 is 1.19 bits per heavy atom. The smallest absolute Gasteiger partial charge is 0.224 e. The van der Waals surface area contributed by atoms with Gasteiger partial charge in [0.1, 0.15) is 0 Å². The highest BCUT2D eigenvalue weighted by Crippen LogP contribution is 2.19. The SMILES string of the molecule is CCn1c(N/N=C\c2ccccc2Cl)nc2ccccc21. The summed E-state index contributed by atoms with van der Waals surface area (Å²) in [6, 6.07) is 15.6. The molecule has 0 atom stereocenters. The summed E-state index contributed by atoms with van der Waals surface area (Å²) in [5, 5.41) is 4.91. The van der Waals surface area contributed by atoms with E-state index >= 15 is 0 Å². The number of imidazole rings is 1. The summed E-state index contributed by atoms with van der Waals surface area (Å²) >= 11 is 6.09. The molecule has 0 unspecified atom stereocenters. The predicted octanol–water partition coefficient (Wildman–Crippen LogP) is 4.16. The molecule has 2 aromatic carbocycles. The van der Waals surface area contributed by atoms with Gasteiger partial charge in [-0.25, -0.2) is 10.4 Å². The highest BCUT2D eigenvalue weighted by molar-refractivity contribution is 6.33. The highest BCUT2D eigenvalue weighted by Gasteiger charge is 2.07. The second-order valence-electron chi connectivity index (χ2n) is 4.56. The molecular weight excluding hydrogens is 284 g/mol. The van der Waals surface area contributed by atoms with Gasteiger partial charge in [-0.2, -0.15) is 5.10 Å². The molecule has 106 valence electrons. The first kappa shape index (κ1) is 13.6. The Labute approximate surface area is 128 Å². The average molecular weight is 299 g/mol. The summed E-state index contributed by atoms with van der Waals surface area (Å²) in [6.07, 6.45) is 1.70. The lowest BCUT2D eigenvalue weighted by molar-refractivity contribution is 0.791. The van der Waals surface area contributed by atoms with Gasteiger partial charge in [0.25, 0.3) is 0 Å². The second kappa shape index (κ2) is 5.97. The third-order valence-electron chi connectivity index (χ3n) is 3.24. The number of nitrogens with one attached hydrogen (secondary N) is 1. The van der Waals surface area contributed by atoms with E-state index in [1.165, 1.54) is 0 Å². The zero-order chi connectivity index (χ0) is 14.7. The van der Waals surface area contributed by atoms with Crippen molar-refractivity contribution in [3.63, 3.8) is 0 Å². The molecule has 3 rings (SSSR count). The highest BCUT2D eigenvalue weighted by atomic mass is 35.5. The third kappa shape index (κ3) is 2.76. The van der Waals surface area contributed by atoms with E-state index < -0.39 is 0 Å². The molecule has 0 spiro atoms. The van der Waals surface area contributed by atoms with Gasteiger partial charge in [-0.15, -0.1) is 0 Å². The second-order valence-corrected chi connectivity index (χ2v) is 4.97. The van der Waals surface area contributed by atoms with Crippen LogP contribution in [0.4, 0.5) is 5.95 Å². The van der Waals surface area contributed by atoms with Crippen LogP contribution in [-0.2, 0) is 6.54 Å². The Kier molecular flexibility index (Phi) is 3.88. The van der Waals surface area contributed by atoms with E-state index in [0.29, 0.717) is 5.02 Å². The summed E-state index contributed by atoms with van der Waals surface area (Å²) in [4.78, 5) is 4.54. The molecule has 4 nitrogen and oxygen atoms in total. The van der Waals surface area contributed by atoms with Gasteiger partial charge in [0.05, 0.1) is 17.2 Å². The number of para-hydroxylation sites is 2. The fourth-order valence-electron chi connectivity index (χ4n) is 2.22. The van der Waals surface area contributed by atoms with Crippen LogP contribution >= 0.6 is 11.6 Å². The van der Waals surface area contributed by atoms with E-state index in [9.17, 15) is 0 Å². The number of benzene rings is 2. The van der Waals surface area contributed by atoms with Crippen LogP contribution in [0.3, 0.4) is 0 Å². The lowest BCUT2D eigenvalue weighted by atomic mass is 10.2. The Balaban J connectivity index is 1.87. The standard InChI is InChI=1S/C16H15ClN4/c1-2-21-15-10-6-5-9-14(15)19-16(21)20-18-11-12-7-3-4-8-13(12)17/h3-11H,2H2,1H3,(H,19,20)/b18-11-. The van der Waals surface area contributed by atoms with Gasteiger partial charge in [-0.1, -0.05) is 41.9 Å². The van der Waals surface area contributed by atoms with Crippen LogP contribution in [0.2, 0.25) is 5.02 Å². The van der Waals surface area contributed by atoms with Crippen molar-refractivity contribution < 1.29 is 0 Å². The number of aryl methyl sites for hydroxylation is 1. The quantitative estimate of drug-likeness (QED) is 0.580. The molecule has 0 saturated carbocycles. The first-order valence-electron chi connectivity index (χ1n) is 6.78. The number of halogens is 1. The molecule has 0 bridgehead atoms. The number of fused-ring (bicyclic) bond motifs is 1. The van der Waals surface area contributed by atoms with Gasteiger partial charge in [0.2, 0.25) is 5.95 Å².